The van der Waals surface area contributed by atoms with Crippen molar-refractivity contribution in [1.29, 1.82) is 0 Å². The minimum atomic E-state index is -0.0424. The summed E-state index contributed by atoms with van der Waals surface area (Å²) < 4.78 is 0. The summed E-state index contributed by atoms with van der Waals surface area (Å²) in [5, 5.41) is 11.8. The predicted octanol–water partition coefficient (Wildman–Crippen LogP) is 1.54. The van der Waals surface area contributed by atoms with Crippen LogP contribution in [0.2, 0.25) is 0 Å². The summed E-state index contributed by atoms with van der Waals surface area (Å²) in [5.74, 6) is -0.0424. The molecule has 1 amide bonds. The zero-order valence-corrected chi connectivity index (χ0v) is 12.7. The van der Waals surface area contributed by atoms with Crippen molar-refractivity contribution in [3.05, 3.63) is 24.3 Å². The van der Waals surface area contributed by atoms with Crippen molar-refractivity contribution in [1.82, 2.24) is 4.90 Å². The molecule has 0 aliphatic carbocycles. The molecule has 1 aliphatic heterocycles. The van der Waals surface area contributed by atoms with Gasteiger partial charge in [-0.15, -0.1) is 0 Å². The van der Waals surface area contributed by atoms with Crippen LogP contribution in [0.5, 0.6) is 0 Å². The number of aliphatic hydroxyl groups is 1. The average molecular weight is 291 g/mol. The highest BCUT2D eigenvalue weighted by atomic mass is 16.3. The fourth-order valence-corrected chi connectivity index (χ4v) is 2.62. The van der Waals surface area contributed by atoms with E-state index in [1.54, 1.807) is 0 Å². The van der Waals surface area contributed by atoms with Crippen LogP contribution in [0.25, 0.3) is 0 Å². The molecule has 0 radical (unpaired) electrons. The zero-order valence-electron chi connectivity index (χ0n) is 12.7. The number of carbonyl (C=O) groups excluding carboxylic acids is 1. The summed E-state index contributed by atoms with van der Waals surface area (Å²) in [5.41, 5.74) is 2.05. The third-order valence-electron chi connectivity index (χ3n) is 3.85. The Hall–Kier alpha value is -1.59. The molecule has 0 atom stereocenters. The Kier molecular flexibility index (Phi) is 6.02. The van der Waals surface area contributed by atoms with Crippen LogP contribution in [-0.4, -0.2) is 55.2 Å². The Bertz CT molecular complexity index is 441. The second-order valence-corrected chi connectivity index (χ2v) is 5.38. The molecule has 1 fully saturated rings. The second-order valence-electron chi connectivity index (χ2n) is 5.38. The molecule has 1 aliphatic rings. The molecule has 1 heterocycles. The van der Waals surface area contributed by atoms with E-state index in [1.165, 1.54) is 18.5 Å². The number of likely N-dealkylation sites (N-methyl/N-ethyl adjacent to an activating group) is 1. The van der Waals surface area contributed by atoms with Crippen molar-refractivity contribution < 1.29 is 9.90 Å². The Morgan fingerprint density at radius 1 is 1.29 bits per heavy atom. The molecule has 0 saturated carbocycles. The number of anilines is 2. The van der Waals surface area contributed by atoms with Crippen LogP contribution in [0.3, 0.4) is 0 Å². The van der Waals surface area contributed by atoms with Crippen LogP contribution >= 0.6 is 0 Å². The number of amides is 1. The highest BCUT2D eigenvalue weighted by molar-refractivity contribution is 5.92. The summed E-state index contributed by atoms with van der Waals surface area (Å²) in [7, 11) is 0. The van der Waals surface area contributed by atoms with Crippen LogP contribution in [0.4, 0.5) is 11.4 Å². The van der Waals surface area contributed by atoms with Gasteiger partial charge in [0.25, 0.3) is 0 Å². The van der Waals surface area contributed by atoms with Gasteiger partial charge >= 0.3 is 0 Å². The average Bonchev–Trinajstić information content (AvgIpc) is 3.01. The van der Waals surface area contributed by atoms with E-state index in [1.807, 2.05) is 24.0 Å². The number of nitrogens with one attached hydrogen (secondary N) is 1. The Morgan fingerprint density at radius 2 is 1.95 bits per heavy atom. The smallest absolute Gasteiger partial charge is 0.238 e. The van der Waals surface area contributed by atoms with Crippen molar-refractivity contribution >= 4 is 17.3 Å². The number of rotatable bonds is 7. The van der Waals surface area contributed by atoms with E-state index in [0.29, 0.717) is 13.1 Å². The highest BCUT2D eigenvalue weighted by Gasteiger charge is 2.12. The number of nitrogens with zero attached hydrogens (tertiary/aromatic N) is 2. The zero-order chi connectivity index (χ0) is 15.1. The quantitative estimate of drug-likeness (QED) is 0.800. The van der Waals surface area contributed by atoms with Gasteiger partial charge in [0.1, 0.15) is 0 Å². The fraction of sp³-hybridized carbons (Fsp3) is 0.562. The number of aliphatic hydroxyl groups excluding tert-OH is 1. The molecule has 0 spiro atoms. The molecular weight excluding hydrogens is 266 g/mol. The minimum Gasteiger partial charge on any atom is -0.395 e. The monoisotopic (exact) mass is 291 g/mol. The molecule has 5 heteroatoms. The molecule has 2 N–H and O–H groups in total. The first-order valence-corrected chi connectivity index (χ1v) is 7.71. The molecule has 5 nitrogen and oxygen atoms in total. The molecule has 1 aromatic rings. The van der Waals surface area contributed by atoms with Crippen molar-refractivity contribution in [2.45, 2.75) is 19.8 Å². The van der Waals surface area contributed by atoms with E-state index < -0.39 is 0 Å². The van der Waals surface area contributed by atoms with Gasteiger partial charge in [-0.1, -0.05) is 6.92 Å². The normalized spacial score (nSPS) is 14.7. The molecule has 1 saturated heterocycles. The van der Waals surface area contributed by atoms with E-state index in [4.69, 9.17) is 5.11 Å². The summed E-state index contributed by atoms with van der Waals surface area (Å²) in [6.45, 7) is 5.89. The number of carbonyl (C=O) groups is 1. The maximum atomic E-state index is 12.0. The first-order chi connectivity index (χ1) is 10.2. The molecule has 0 aromatic heterocycles. The lowest BCUT2D eigenvalue weighted by molar-refractivity contribution is -0.117. The maximum Gasteiger partial charge on any atom is 0.238 e. The lowest BCUT2D eigenvalue weighted by Gasteiger charge is -2.19. The standard InChI is InChI=1S/C16H25N3O2/c1-2-18(11-12-20)13-16(21)17-14-5-7-15(8-6-14)19-9-3-4-10-19/h5-8,20H,2-4,9-13H2,1H3,(H,17,21). The van der Waals surface area contributed by atoms with E-state index in [-0.39, 0.29) is 12.5 Å². The van der Waals surface area contributed by atoms with Crippen LogP contribution in [-0.2, 0) is 4.79 Å². The molecule has 1 aromatic carbocycles. The van der Waals surface area contributed by atoms with E-state index in [0.717, 1.165) is 25.3 Å². The van der Waals surface area contributed by atoms with E-state index in [9.17, 15) is 4.79 Å². The number of benzene rings is 1. The molecule has 2 rings (SSSR count). The van der Waals surface area contributed by atoms with Gasteiger partial charge in [0, 0.05) is 31.0 Å². The maximum absolute atomic E-state index is 12.0. The van der Waals surface area contributed by atoms with Crippen LogP contribution < -0.4 is 10.2 Å². The lowest BCUT2D eigenvalue weighted by Crippen LogP contribution is -2.35. The minimum absolute atomic E-state index is 0.0424. The molecule has 21 heavy (non-hydrogen) atoms. The van der Waals surface area contributed by atoms with Crippen molar-refractivity contribution in [3.8, 4) is 0 Å². The molecule has 0 bridgehead atoms. The summed E-state index contributed by atoms with van der Waals surface area (Å²) in [6.07, 6.45) is 2.52. The Balaban J connectivity index is 1.86. The largest absolute Gasteiger partial charge is 0.395 e. The predicted molar refractivity (Wildman–Crippen MR) is 85.7 cm³/mol. The van der Waals surface area contributed by atoms with E-state index in [2.05, 4.69) is 22.3 Å². The SMILES string of the molecule is CCN(CCO)CC(=O)Nc1ccc(N2CCCC2)cc1. The number of hydrogen-bond acceptors (Lipinski definition) is 4. The third-order valence-corrected chi connectivity index (χ3v) is 3.85. The van der Waals surface area contributed by atoms with Crippen LogP contribution in [0.1, 0.15) is 19.8 Å². The summed E-state index contributed by atoms with van der Waals surface area (Å²) in [4.78, 5) is 16.2. The second kappa shape index (κ2) is 8.00. The molecule has 116 valence electrons. The van der Waals surface area contributed by atoms with Gasteiger partial charge in [-0.25, -0.2) is 0 Å². The van der Waals surface area contributed by atoms with Crippen LogP contribution in [0, 0.1) is 0 Å². The van der Waals surface area contributed by atoms with Crippen molar-refractivity contribution in [2.24, 2.45) is 0 Å². The van der Waals surface area contributed by atoms with Gasteiger partial charge in [0.15, 0.2) is 0 Å². The van der Waals surface area contributed by atoms with Gasteiger partial charge in [0.2, 0.25) is 5.91 Å². The van der Waals surface area contributed by atoms with Crippen molar-refractivity contribution in [2.75, 3.05) is 49.5 Å². The molecule has 0 unspecified atom stereocenters. The summed E-state index contributed by atoms with van der Waals surface area (Å²) >= 11 is 0. The Morgan fingerprint density at radius 3 is 2.52 bits per heavy atom. The highest BCUT2D eigenvalue weighted by Crippen LogP contribution is 2.21. The van der Waals surface area contributed by atoms with Gasteiger partial charge in [0.05, 0.1) is 13.2 Å². The van der Waals surface area contributed by atoms with Crippen LogP contribution in [0.15, 0.2) is 24.3 Å². The summed E-state index contributed by atoms with van der Waals surface area (Å²) in [6, 6.07) is 8.03. The van der Waals surface area contributed by atoms with Gasteiger partial charge in [-0.05, 0) is 43.7 Å². The first kappa shape index (κ1) is 15.8. The van der Waals surface area contributed by atoms with Crippen molar-refractivity contribution in [3.63, 3.8) is 0 Å². The first-order valence-electron chi connectivity index (χ1n) is 7.71. The number of hydrogen-bond donors (Lipinski definition) is 2. The lowest BCUT2D eigenvalue weighted by atomic mass is 10.2. The topological polar surface area (TPSA) is 55.8 Å². The molecular formula is C16H25N3O2. The van der Waals surface area contributed by atoms with E-state index >= 15 is 0 Å². The van der Waals surface area contributed by atoms with Gasteiger partial charge < -0.3 is 15.3 Å². The fourth-order valence-electron chi connectivity index (χ4n) is 2.62. The van der Waals surface area contributed by atoms with Gasteiger partial charge in [-0.3, -0.25) is 9.69 Å². The Labute approximate surface area is 126 Å². The van der Waals surface area contributed by atoms with Gasteiger partial charge in [-0.2, -0.15) is 0 Å². The third kappa shape index (κ3) is 4.72.